The summed E-state index contributed by atoms with van der Waals surface area (Å²) >= 11 is 0. The predicted molar refractivity (Wildman–Crippen MR) is 46.2 cm³/mol. The SMILES string of the molecule is COC(OC)(OC)c1occc1C. The average molecular weight is 186 g/mol. The largest absolute Gasteiger partial charge is 0.460 e. The van der Waals surface area contributed by atoms with Crippen molar-refractivity contribution in [3.05, 3.63) is 23.7 Å². The van der Waals surface area contributed by atoms with Gasteiger partial charge in [-0.1, -0.05) is 0 Å². The topological polar surface area (TPSA) is 40.8 Å². The molecular formula is C9H14O4. The van der Waals surface area contributed by atoms with Crippen molar-refractivity contribution < 1.29 is 18.6 Å². The molecule has 0 aliphatic heterocycles. The molecule has 0 radical (unpaired) electrons. The van der Waals surface area contributed by atoms with E-state index in [1.807, 2.05) is 13.0 Å². The van der Waals surface area contributed by atoms with Crippen LogP contribution in [-0.4, -0.2) is 21.3 Å². The monoisotopic (exact) mass is 186 g/mol. The van der Waals surface area contributed by atoms with Gasteiger partial charge in [-0.05, 0) is 18.6 Å². The highest BCUT2D eigenvalue weighted by atomic mass is 16.9. The lowest BCUT2D eigenvalue weighted by atomic mass is 10.2. The van der Waals surface area contributed by atoms with Gasteiger partial charge < -0.3 is 18.6 Å². The lowest BCUT2D eigenvalue weighted by Gasteiger charge is -2.26. The zero-order valence-corrected chi connectivity index (χ0v) is 8.29. The van der Waals surface area contributed by atoms with E-state index in [9.17, 15) is 0 Å². The molecule has 0 saturated carbocycles. The van der Waals surface area contributed by atoms with Crippen LogP contribution >= 0.6 is 0 Å². The maximum Gasteiger partial charge on any atom is 0.345 e. The van der Waals surface area contributed by atoms with Crippen molar-refractivity contribution in [3.63, 3.8) is 0 Å². The Hall–Kier alpha value is -0.840. The summed E-state index contributed by atoms with van der Waals surface area (Å²) in [6, 6.07) is 1.82. The summed E-state index contributed by atoms with van der Waals surface area (Å²) in [6.45, 7) is 1.89. The summed E-state index contributed by atoms with van der Waals surface area (Å²) in [5.41, 5.74) is 0.922. The molecule has 4 heteroatoms. The molecule has 13 heavy (non-hydrogen) atoms. The smallest absolute Gasteiger partial charge is 0.345 e. The molecule has 0 unspecified atom stereocenters. The van der Waals surface area contributed by atoms with Gasteiger partial charge in [0.25, 0.3) is 0 Å². The number of methoxy groups -OCH3 is 3. The van der Waals surface area contributed by atoms with Crippen LogP contribution in [0.5, 0.6) is 0 Å². The number of ether oxygens (including phenoxy) is 3. The summed E-state index contributed by atoms with van der Waals surface area (Å²) < 4.78 is 20.6. The molecule has 4 nitrogen and oxygen atoms in total. The van der Waals surface area contributed by atoms with Gasteiger partial charge in [0.05, 0.1) is 6.26 Å². The van der Waals surface area contributed by atoms with Gasteiger partial charge in [-0.15, -0.1) is 0 Å². The number of aryl methyl sites for hydroxylation is 1. The average Bonchev–Trinajstić information content (AvgIpc) is 2.57. The second kappa shape index (κ2) is 3.91. The molecule has 1 aromatic rings. The van der Waals surface area contributed by atoms with E-state index in [0.29, 0.717) is 5.76 Å². The van der Waals surface area contributed by atoms with Crippen LogP contribution in [0, 0.1) is 6.92 Å². The molecule has 0 aliphatic carbocycles. The molecule has 1 rings (SSSR count). The van der Waals surface area contributed by atoms with Gasteiger partial charge in [-0.25, -0.2) is 0 Å². The molecule has 0 amide bonds. The number of hydrogen-bond donors (Lipinski definition) is 0. The molecule has 0 aliphatic rings. The molecule has 1 heterocycles. The fourth-order valence-electron chi connectivity index (χ4n) is 1.21. The van der Waals surface area contributed by atoms with E-state index in [1.54, 1.807) is 6.26 Å². The van der Waals surface area contributed by atoms with Crippen LogP contribution in [0.2, 0.25) is 0 Å². The summed E-state index contributed by atoms with van der Waals surface area (Å²) in [4.78, 5) is 0. The van der Waals surface area contributed by atoms with Crippen molar-refractivity contribution in [1.29, 1.82) is 0 Å². The third kappa shape index (κ3) is 1.60. The van der Waals surface area contributed by atoms with Crippen molar-refractivity contribution in [2.75, 3.05) is 21.3 Å². The fraction of sp³-hybridized carbons (Fsp3) is 0.556. The van der Waals surface area contributed by atoms with E-state index in [-0.39, 0.29) is 0 Å². The van der Waals surface area contributed by atoms with Crippen LogP contribution in [0.25, 0.3) is 0 Å². The third-order valence-corrected chi connectivity index (χ3v) is 1.95. The van der Waals surface area contributed by atoms with Crippen molar-refractivity contribution in [1.82, 2.24) is 0 Å². The molecule has 0 saturated heterocycles. The summed E-state index contributed by atoms with van der Waals surface area (Å²) in [5.74, 6) is -0.701. The Morgan fingerprint density at radius 2 is 1.69 bits per heavy atom. The van der Waals surface area contributed by atoms with Crippen LogP contribution in [0.15, 0.2) is 16.7 Å². The van der Waals surface area contributed by atoms with Crippen molar-refractivity contribution in [2.45, 2.75) is 12.9 Å². The Labute approximate surface area is 77.4 Å². The molecule has 0 atom stereocenters. The first-order chi connectivity index (χ1) is 6.20. The first kappa shape index (κ1) is 10.2. The Kier molecular flexibility index (Phi) is 3.08. The molecule has 0 aromatic carbocycles. The standard InChI is InChI=1S/C9H14O4/c1-7-5-6-13-8(7)9(10-2,11-3)12-4/h5-6H,1-4H3. The van der Waals surface area contributed by atoms with E-state index in [2.05, 4.69) is 0 Å². The van der Waals surface area contributed by atoms with Crippen molar-refractivity contribution in [3.8, 4) is 0 Å². The van der Waals surface area contributed by atoms with Crippen LogP contribution in [0.3, 0.4) is 0 Å². The fourth-order valence-corrected chi connectivity index (χ4v) is 1.21. The molecule has 0 bridgehead atoms. The van der Waals surface area contributed by atoms with E-state index in [0.717, 1.165) is 5.56 Å². The van der Waals surface area contributed by atoms with E-state index < -0.39 is 5.97 Å². The lowest BCUT2D eigenvalue weighted by Crippen LogP contribution is -2.33. The van der Waals surface area contributed by atoms with Gasteiger partial charge in [0.15, 0.2) is 5.76 Å². The molecule has 0 N–H and O–H groups in total. The Bertz CT molecular complexity index is 254. The minimum Gasteiger partial charge on any atom is -0.460 e. The van der Waals surface area contributed by atoms with Crippen molar-refractivity contribution in [2.24, 2.45) is 0 Å². The molecule has 1 aromatic heterocycles. The maximum atomic E-state index is 5.23. The minimum absolute atomic E-state index is 0.528. The number of hydrogen-bond acceptors (Lipinski definition) is 4. The number of furan rings is 1. The minimum atomic E-state index is -1.23. The first-order valence-corrected chi connectivity index (χ1v) is 3.90. The maximum absolute atomic E-state index is 5.23. The van der Waals surface area contributed by atoms with Crippen LogP contribution in [-0.2, 0) is 20.2 Å². The Balaban J connectivity index is 3.07. The third-order valence-electron chi connectivity index (χ3n) is 1.95. The summed E-state index contributed by atoms with van der Waals surface area (Å²) in [5, 5.41) is 0. The molecular weight excluding hydrogens is 172 g/mol. The van der Waals surface area contributed by atoms with Gasteiger partial charge in [-0.2, -0.15) is 0 Å². The van der Waals surface area contributed by atoms with Crippen LogP contribution in [0.4, 0.5) is 0 Å². The second-order valence-electron chi connectivity index (χ2n) is 2.60. The Morgan fingerprint density at radius 3 is 2.00 bits per heavy atom. The van der Waals surface area contributed by atoms with E-state index in [4.69, 9.17) is 18.6 Å². The highest BCUT2D eigenvalue weighted by Gasteiger charge is 2.37. The Morgan fingerprint density at radius 1 is 1.15 bits per heavy atom. The van der Waals surface area contributed by atoms with Gasteiger partial charge in [0.1, 0.15) is 0 Å². The summed E-state index contributed by atoms with van der Waals surface area (Å²) in [6.07, 6.45) is 1.57. The van der Waals surface area contributed by atoms with Gasteiger partial charge in [-0.3, -0.25) is 0 Å². The zero-order chi connectivity index (χ0) is 9.90. The van der Waals surface area contributed by atoms with E-state index in [1.165, 1.54) is 21.3 Å². The normalized spacial score (nSPS) is 12.0. The highest BCUT2D eigenvalue weighted by molar-refractivity contribution is 5.17. The quantitative estimate of drug-likeness (QED) is 0.670. The van der Waals surface area contributed by atoms with Gasteiger partial charge >= 0.3 is 5.97 Å². The van der Waals surface area contributed by atoms with Gasteiger partial charge in [0, 0.05) is 21.3 Å². The zero-order valence-electron chi connectivity index (χ0n) is 8.29. The van der Waals surface area contributed by atoms with E-state index >= 15 is 0 Å². The van der Waals surface area contributed by atoms with Crippen LogP contribution < -0.4 is 0 Å². The molecule has 74 valence electrons. The van der Waals surface area contributed by atoms with Gasteiger partial charge in [0.2, 0.25) is 0 Å². The lowest BCUT2D eigenvalue weighted by molar-refractivity contribution is -0.372. The number of rotatable bonds is 4. The highest BCUT2D eigenvalue weighted by Crippen LogP contribution is 2.29. The predicted octanol–water partition coefficient (Wildman–Crippen LogP) is 1.64. The summed E-state index contributed by atoms with van der Waals surface area (Å²) in [7, 11) is 4.49. The first-order valence-electron chi connectivity index (χ1n) is 3.90. The second-order valence-corrected chi connectivity index (χ2v) is 2.60. The van der Waals surface area contributed by atoms with Crippen molar-refractivity contribution >= 4 is 0 Å². The molecule has 0 spiro atoms. The van der Waals surface area contributed by atoms with Crippen LogP contribution in [0.1, 0.15) is 11.3 Å². The molecule has 0 fully saturated rings.